The van der Waals surface area contributed by atoms with Crippen molar-refractivity contribution in [3.63, 3.8) is 0 Å². The van der Waals surface area contributed by atoms with E-state index in [1.54, 1.807) is 20.9 Å². The van der Waals surface area contributed by atoms with Crippen LogP contribution in [0.25, 0.3) is 0 Å². The summed E-state index contributed by atoms with van der Waals surface area (Å²) in [5, 5.41) is 11.5. The molecule has 0 heterocycles. The van der Waals surface area contributed by atoms with Gasteiger partial charge in [-0.3, -0.25) is 9.59 Å². The Hall–Kier alpha value is -0.400. The molecule has 0 spiro atoms. The molecule has 0 aliphatic heterocycles. The van der Waals surface area contributed by atoms with Crippen LogP contribution in [0.15, 0.2) is 0 Å². The third-order valence-electron chi connectivity index (χ3n) is 1.85. The van der Waals surface area contributed by atoms with Crippen LogP contribution in [0.2, 0.25) is 0 Å². The largest absolute Gasteiger partial charge is 0.480 e. The smallest absolute Gasteiger partial charge is 0.321 e. The van der Waals surface area contributed by atoms with Crippen molar-refractivity contribution in [2.75, 3.05) is 25.2 Å². The highest BCUT2D eigenvalue weighted by atomic mass is 33.1. The van der Waals surface area contributed by atoms with Gasteiger partial charge in [0.25, 0.3) is 0 Å². The van der Waals surface area contributed by atoms with E-state index in [-0.39, 0.29) is 11.9 Å². The van der Waals surface area contributed by atoms with Crippen molar-refractivity contribution in [2.24, 2.45) is 5.92 Å². The summed E-state index contributed by atoms with van der Waals surface area (Å²) in [6.07, 6.45) is 0. The van der Waals surface area contributed by atoms with Gasteiger partial charge in [0.1, 0.15) is 12.6 Å². The van der Waals surface area contributed by atoms with Crippen LogP contribution in [-0.2, 0) is 14.3 Å². The van der Waals surface area contributed by atoms with Gasteiger partial charge >= 0.3 is 11.9 Å². The van der Waals surface area contributed by atoms with Gasteiger partial charge < -0.3 is 15.2 Å². The Balaban J connectivity index is -0.000000739. The Labute approximate surface area is 137 Å². The molecular weight excluding hydrogens is 310 g/mol. The van der Waals surface area contributed by atoms with E-state index in [0.29, 0.717) is 18.1 Å². The van der Waals surface area contributed by atoms with Crippen molar-refractivity contribution in [1.29, 1.82) is 0 Å². The van der Waals surface area contributed by atoms with Crippen molar-refractivity contribution < 1.29 is 19.4 Å². The predicted octanol–water partition coefficient (Wildman–Crippen LogP) is 3.29. The van der Waals surface area contributed by atoms with Gasteiger partial charge in [-0.25, -0.2) is 0 Å². The molecule has 0 radical (unpaired) electrons. The molecule has 0 aromatic heterocycles. The lowest BCUT2D eigenvalue weighted by molar-refractivity contribution is -0.146. The second kappa shape index (κ2) is 19.6. The number of carbonyl (C=O) groups excluding carboxylic acids is 1. The van der Waals surface area contributed by atoms with Crippen molar-refractivity contribution in [3.8, 4) is 0 Å². The summed E-state index contributed by atoms with van der Waals surface area (Å²) < 4.78 is 4.98. The van der Waals surface area contributed by atoms with E-state index in [9.17, 15) is 9.59 Å². The molecule has 0 rings (SSSR count). The number of nitrogens with one attached hydrogen (secondary N) is 1. The summed E-state index contributed by atoms with van der Waals surface area (Å²) in [4.78, 5) is 21.8. The lowest BCUT2D eigenvalue weighted by Crippen LogP contribution is -2.35. The number of hydrogen-bond donors (Lipinski definition) is 2. The van der Waals surface area contributed by atoms with Gasteiger partial charge in [-0.1, -0.05) is 63.1 Å². The molecule has 0 aromatic carbocycles. The van der Waals surface area contributed by atoms with E-state index >= 15 is 0 Å². The first-order valence-corrected chi connectivity index (χ1v) is 9.79. The standard InChI is InChI=1S/C10H19NO4S2.2C2H6/c1-7(2)10(14)15-4-5-16-17-6-8(11-3)9(12)13;2*1-2/h7-8,11H,4-6H2,1-3H3,(H,12,13);2*1-2H3. The molecule has 0 saturated heterocycles. The molecule has 128 valence electrons. The summed E-state index contributed by atoms with van der Waals surface area (Å²) in [5.41, 5.74) is 0. The molecule has 1 atom stereocenters. The molecule has 1 unspecified atom stereocenters. The van der Waals surface area contributed by atoms with E-state index in [1.807, 2.05) is 27.7 Å². The quantitative estimate of drug-likeness (QED) is 0.378. The number of ether oxygens (including phenoxy) is 1. The van der Waals surface area contributed by atoms with Crippen molar-refractivity contribution in [1.82, 2.24) is 5.32 Å². The third-order valence-corrected chi connectivity index (χ3v) is 4.22. The minimum Gasteiger partial charge on any atom is -0.480 e. The van der Waals surface area contributed by atoms with Gasteiger partial charge in [-0.05, 0) is 7.05 Å². The summed E-state index contributed by atoms with van der Waals surface area (Å²) in [6, 6.07) is -0.536. The van der Waals surface area contributed by atoms with Crippen LogP contribution in [0.3, 0.4) is 0 Å². The monoisotopic (exact) mass is 341 g/mol. The topological polar surface area (TPSA) is 75.6 Å². The maximum atomic E-state index is 11.1. The van der Waals surface area contributed by atoms with E-state index in [1.165, 1.54) is 21.6 Å². The Morgan fingerprint density at radius 2 is 1.67 bits per heavy atom. The van der Waals surface area contributed by atoms with Crippen molar-refractivity contribution in [3.05, 3.63) is 0 Å². The first-order valence-electron chi connectivity index (χ1n) is 7.30. The first-order chi connectivity index (χ1) is 9.99. The van der Waals surface area contributed by atoms with Gasteiger partial charge in [-0.15, -0.1) is 0 Å². The SMILES string of the molecule is CC.CC.CNC(CSSCCOC(=O)C(C)C)C(=O)O. The van der Waals surface area contributed by atoms with Crippen LogP contribution in [0.5, 0.6) is 0 Å². The zero-order valence-corrected chi connectivity index (χ0v) is 15.9. The van der Waals surface area contributed by atoms with Gasteiger partial charge in [-0.2, -0.15) is 0 Å². The molecular formula is C14H31NO4S2. The second-order valence-corrected chi connectivity index (χ2v) is 6.24. The van der Waals surface area contributed by atoms with Crippen LogP contribution >= 0.6 is 21.6 Å². The predicted molar refractivity (Wildman–Crippen MR) is 93.9 cm³/mol. The van der Waals surface area contributed by atoms with E-state index in [4.69, 9.17) is 9.84 Å². The van der Waals surface area contributed by atoms with Gasteiger partial charge in [0.2, 0.25) is 0 Å². The molecule has 2 N–H and O–H groups in total. The zero-order valence-electron chi connectivity index (χ0n) is 14.3. The normalized spacial score (nSPS) is 10.7. The number of carbonyl (C=O) groups is 2. The molecule has 0 fully saturated rings. The third kappa shape index (κ3) is 17.5. The molecule has 0 aliphatic rings. The fourth-order valence-corrected chi connectivity index (χ4v) is 2.86. The molecule has 0 aliphatic carbocycles. The number of likely N-dealkylation sites (N-methyl/N-ethyl adjacent to an activating group) is 1. The second-order valence-electron chi connectivity index (χ2n) is 3.61. The molecule has 0 bridgehead atoms. The molecule has 21 heavy (non-hydrogen) atoms. The highest BCUT2D eigenvalue weighted by Gasteiger charge is 2.14. The van der Waals surface area contributed by atoms with Crippen molar-refractivity contribution in [2.45, 2.75) is 47.6 Å². The summed E-state index contributed by atoms with van der Waals surface area (Å²) >= 11 is 0. The fraction of sp³-hybridized carbons (Fsp3) is 0.857. The average molecular weight is 342 g/mol. The summed E-state index contributed by atoms with van der Waals surface area (Å²) in [5.74, 6) is -0.0113. The fourth-order valence-electron chi connectivity index (χ4n) is 0.796. The van der Waals surface area contributed by atoms with E-state index < -0.39 is 12.0 Å². The Morgan fingerprint density at radius 1 is 1.14 bits per heavy atom. The van der Waals surface area contributed by atoms with Crippen LogP contribution in [-0.4, -0.2) is 48.2 Å². The number of hydrogen-bond acceptors (Lipinski definition) is 6. The van der Waals surface area contributed by atoms with Gasteiger partial charge in [0.05, 0.1) is 5.92 Å². The maximum absolute atomic E-state index is 11.1. The van der Waals surface area contributed by atoms with Crippen LogP contribution in [0, 0.1) is 5.92 Å². The van der Waals surface area contributed by atoms with Gasteiger partial charge in [0.15, 0.2) is 0 Å². The van der Waals surface area contributed by atoms with Crippen LogP contribution < -0.4 is 5.32 Å². The van der Waals surface area contributed by atoms with E-state index in [2.05, 4.69) is 5.32 Å². The molecule has 0 aromatic rings. The number of aliphatic carboxylic acids is 1. The Kier molecular flexibility index (Phi) is 23.8. The summed E-state index contributed by atoms with van der Waals surface area (Å²) in [6.45, 7) is 11.9. The van der Waals surface area contributed by atoms with Gasteiger partial charge in [0, 0.05) is 11.5 Å². The molecule has 0 amide bonds. The first kappa shape index (κ1) is 25.5. The number of carboxylic acid groups (broad SMARTS) is 1. The zero-order chi connectivity index (χ0) is 17.3. The summed E-state index contributed by atoms with van der Waals surface area (Å²) in [7, 11) is 4.58. The maximum Gasteiger partial charge on any atom is 0.321 e. The minimum absolute atomic E-state index is 0.103. The Bertz CT molecular complexity index is 251. The highest BCUT2D eigenvalue weighted by molar-refractivity contribution is 8.76. The number of esters is 1. The average Bonchev–Trinajstić information content (AvgIpc) is 2.49. The minimum atomic E-state index is -0.855. The highest BCUT2D eigenvalue weighted by Crippen LogP contribution is 2.21. The lowest BCUT2D eigenvalue weighted by Gasteiger charge is -2.10. The Morgan fingerprint density at radius 3 is 2.05 bits per heavy atom. The number of carboxylic acids is 1. The molecule has 0 saturated carbocycles. The number of rotatable bonds is 9. The van der Waals surface area contributed by atoms with Crippen molar-refractivity contribution >= 4 is 33.5 Å². The van der Waals surface area contributed by atoms with Crippen LogP contribution in [0.1, 0.15) is 41.5 Å². The molecule has 5 nitrogen and oxygen atoms in total. The van der Waals surface area contributed by atoms with E-state index in [0.717, 1.165) is 0 Å². The lowest BCUT2D eigenvalue weighted by atomic mass is 10.2. The molecule has 7 heteroatoms. The van der Waals surface area contributed by atoms with Crippen LogP contribution in [0.4, 0.5) is 0 Å².